The molecule has 0 aliphatic carbocycles. The maximum absolute atomic E-state index is 13.8. The summed E-state index contributed by atoms with van der Waals surface area (Å²) >= 11 is 0. The van der Waals surface area contributed by atoms with Crippen molar-refractivity contribution in [1.29, 1.82) is 0 Å². The molecule has 0 saturated heterocycles. The molecule has 2 aromatic heterocycles. The molecule has 0 atom stereocenters. The molecule has 0 radical (unpaired) electrons. The molecule has 7 heteroatoms. The van der Waals surface area contributed by atoms with Crippen molar-refractivity contribution in [2.24, 2.45) is 0 Å². The van der Waals surface area contributed by atoms with Crippen molar-refractivity contribution in [2.45, 2.75) is 13.3 Å². The maximum Gasteiger partial charge on any atom is 0.261 e. The van der Waals surface area contributed by atoms with Crippen LogP contribution < -0.4 is 14.5 Å². The van der Waals surface area contributed by atoms with E-state index >= 15 is 0 Å². The Kier molecular flexibility index (Phi) is 5.17. The number of hydrogen-bond acceptors (Lipinski definition) is 5. The number of carbonyl (C=O) groups is 1. The van der Waals surface area contributed by atoms with Gasteiger partial charge in [-0.15, -0.1) is 0 Å². The van der Waals surface area contributed by atoms with Crippen LogP contribution in [-0.2, 0) is 6.42 Å². The van der Waals surface area contributed by atoms with Gasteiger partial charge in [-0.25, -0.2) is 4.98 Å². The first-order chi connectivity index (χ1) is 15.9. The van der Waals surface area contributed by atoms with Gasteiger partial charge in [-0.1, -0.05) is 30.3 Å². The Morgan fingerprint density at radius 1 is 0.970 bits per heavy atom. The van der Waals surface area contributed by atoms with E-state index in [0.29, 0.717) is 35.9 Å². The fourth-order valence-electron chi connectivity index (χ4n) is 4.21. The molecule has 0 N–H and O–H groups in total. The highest BCUT2D eigenvalue weighted by Crippen LogP contribution is 2.37. The van der Waals surface area contributed by atoms with E-state index in [1.807, 2.05) is 24.3 Å². The highest BCUT2D eigenvalue weighted by Gasteiger charge is 2.30. The van der Waals surface area contributed by atoms with Crippen molar-refractivity contribution < 1.29 is 13.9 Å². The number of fused-ring (bicyclic) bond motifs is 3. The minimum Gasteiger partial charge on any atom is -0.493 e. The molecular formula is C26H23FN4O2. The number of amides is 1. The lowest BCUT2D eigenvalue weighted by molar-refractivity contribution is 0.0994. The number of halogens is 1. The number of hydrogen-bond donors (Lipinski definition) is 0. The monoisotopic (exact) mass is 442 g/mol. The van der Waals surface area contributed by atoms with Gasteiger partial charge in [0.05, 0.1) is 17.9 Å². The van der Waals surface area contributed by atoms with Crippen molar-refractivity contribution in [3.63, 3.8) is 0 Å². The van der Waals surface area contributed by atoms with Gasteiger partial charge in [-0.05, 0) is 47.7 Å². The van der Waals surface area contributed by atoms with Crippen LogP contribution in [0.3, 0.4) is 0 Å². The zero-order valence-electron chi connectivity index (χ0n) is 18.7. The maximum atomic E-state index is 13.8. The molecular weight excluding hydrogens is 419 g/mol. The lowest BCUT2D eigenvalue weighted by Gasteiger charge is -2.19. The van der Waals surface area contributed by atoms with E-state index in [0.717, 1.165) is 16.7 Å². The summed E-state index contributed by atoms with van der Waals surface area (Å²) in [5.41, 5.74) is 3.05. The third kappa shape index (κ3) is 3.65. The molecule has 2 aromatic carbocycles. The topological polar surface area (TPSA) is 58.6 Å². The van der Waals surface area contributed by atoms with E-state index in [-0.39, 0.29) is 5.91 Å². The molecule has 33 heavy (non-hydrogen) atoms. The van der Waals surface area contributed by atoms with Crippen LogP contribution in [0.5, 0.6) is 5.75 Å². The van der Waals surface area contributed by atoms with Gasteiger partial charge in [0, 0.05) is 32.1 Å². The van der Waals surface area contributed by atoms with Crippen molar-refractivity contribution >= 4 is 34.0 Å². The Morgan fingerprint density at radius 2 is 1.76 bits per heavy atom. The number of aromatic nitrogens is 2. The molecule has 4 aromatic rings. The average Bonchev–Trinajstić information content (AvgIpc) is 2.90. The molecule has 3 heterocycles. The molecule has 0 unspecified atom stereocenters. The van der Waals surface area contributed by atoms with E-state index in [4.69, 9.17) is 4.74 Å². The molecule has 1 amide bonds. The zero-order chi connectivity index (χ0) is 23.1. The lowest BCUT2D eigenvalue weighted by Crippen LogP contribution is -2.25. The van der Waals surface area contributed by atoms with E-state index in [1.54, 1.807) is 31.3 Å². The minimum absolute atomic E-state index is 0.219. The molecule has 5 rings (SSSR count). The molecule has 1 aliphatic rings. The number of ether oxygens (including phenoxy) is 1. The van der Waals surface area contributed by atoms with Crippen LogP contribution in [0.4, 0.5) is 21.7 Å². The summed E-state index contributed by atoms with van der Waals surface area (Å²) in [6.45, 7) is 2.53. The number of benzene rings is 2. The van der Waals surface area contributed by atoms with E-state index < -0.39 is 5.95 Å². The Morgan fingerprint density at radius 3 is 2.58 bits per heavy atom. The average molecular weight is 442 g/mol. The van der Waals surface area contributed by atoms with E-state index in [1.165, 1.54) is 21.9 Å². The van der Waals surface area contributed by atoms with Gasteiger partial charge < -0.3 is 14.5 Å². The Balaban J connectivity index is 1.40. The molecule has 0 bridgehead atoms. The molecule has 0 spiro atoms. The Labute approximate surface area is 191 Å². The van der Waals surface area contributed by atoms with Crippen LogP contribution in [0.25, 0.3) is 10.8 Å². The first-order valence-corrected chi connectivity index (χ1v) is 10.7. The second kappa shape index (κ2) is 8.16. The van der Waals surface area contributed by atoms with E-state index in [2.05, 4.69) is 35.1 Å². The molecule has 0 fully saturated rings. The summed E-state index contributed by atoms with van der Waals surface area (Å²) in [6, 6.07) is 16.8. The smallest absolute Gasteiger partial charge is 0.261 e. The van der Waals surface area contributed by atoms with Crippen LogP contribution in [0.15, 0.2) is 60.8 Å². The summed E-state index contributed by atoms with van der Waals surface area (Å²) in [5.74, 6) is 0.793. The highest BCUT2D eigenvalue weighted by molar-refractivity contribution is 6.12. The van der Waals surface area contributed by atoms with Gasteiger partial charge in [0.25, 0.3) is 5.91 Å². The highest BCUT2D eigenvalue weighted by atomic mass is 19.1. The van der Waals surface area contributed by atoms with Crippen molar-refractivity contribution in [3.05, 3.63) is 83.4 Å². The van der Waals surface area contributed by atoms with Crippen LogP contribution in [0.2, 0.25) is 0 Å². The summed E-state index contributed by atoms with van der Waals surface area (Å²) in [5, 5.41) is 2.25. The molecule has 166 valence electrons. The zero-order valence-corrected chi connectivity index (χ0v) is 18.7. The van der Waals surface area contributed by atoms with Crippen molar-refractivity contribution in [2.75, 3.05) is 30.5 Å². The number of carbonyl (C=O) groups excluding carboxylic acids is 1. The van der Waals surface area contributed by atoms with Crippen LogP contribution >= 0.6 is 0 Å². The fraction of sp³-hybridized carbons (Fsp3) is 0.192. The van der Waals surface area contributed by atoms with Gasteiger partial charge in [0.15, 0.2) is 5.82 Å². The number of pyridine rings is 2. The quantitative estimate of drug-likeness (QED) is 0.414. The van der Waals surface area contributed by atoms with Gasteiger partial charge in [-0.2, -0.15) is 9.37 Å². The van der Waals surface area contributed by atoms with E-state index in [9.17, 15) is 9.18 Å². The fourth-order valence-corrected chi connectivity index (χ4v) is 4.21. The number of rotatable bonds is 4. The predicted octanol–water partition coefficient (Wildman–Crippen LogP) is 5.06. The largest absolute Gasteiger partial charge is 0.493 e. The third-order valence-corrected chi connectivity index (χ3v) is 6.03. The standard InChI is InChI=1S/C26H23FN4O2/c1-16-8-10-22(19-7-5-4-6-18(16)19)33-13-12-17-14-20-24(28-15-17)31(3)25-21(30(2)26(20)32)9-11-23(27)29-25/h4-11,14-15H,12-13H2,1-3H3. The summed E-state index contributed by atoms with van der Waals surface area (Å²) < 4.78 is 19.9. The third-order valence-electron chi connectivity index (χ3n) is 6.03. The van der Waals surface area contributed by atoms with Gasteiger partial charge in [0.2, 0.25) is 5.95 Å². The lowest BCUT2D eigenvalue weighted by atomic mass is 10.0. The van der Waals surface area contributed by atoms with Gasteiger partial charge in [-0.3, -0.25) is 4.79 Å². The molecule has 6 nitrogen and oxygen atoms in total. The summed E-state index contributed by atoms with van der Waals surface area (Å²) in [4.78, 5) is 24.8. The van der Waals surface area contributed by atoms with Gasteiger partial charge in [0.1, 0.15) is 11.6 Å². The number of aryl methyl sites for hydroxylation is 1. The Hall–Kier alpha value is -4.00. The number of anilines is 3. The first-order valence-electron chi connectivity index (χ1n) is 10.7. The SMILES string of the molecule is Cc1ccc(OCCc2cnc3c(c2)C(=O)N(C)c2ccc(F)nc2N3C)c2ccccc12. The second-order valence-corrected chi connectivity index (χ2v) is 8.14. The predicted molar refractivity (Wildman–Crippen MR) is 127 cm³/mol. The van der Waals surface area contributed by atoms with Crippen LogP contribution in [-0.4, -0.2) is 36.6 Å². The number of nitrogens with zero attached hydrogens (tertiary/aromatic N) is 4. The van der Waals surface area contributed by atoms with Gasteiger partial charge >= 0.3 is 0 Å². The summed E-state index contributed by atoms with van der Waals surface area (Å²) in [7, 11) is 3.39. The van der Waals surface area contributed by atoms with Crippen LogP contribution in [0.1, 0.15) is 21.5 Å². The van der Waals surface area contributed by atoms with Crippen LogP contribution in [0, 0.1) is 12.9 Å². The normalized spacial score (nSPS) is 13.0. The molecule has 0 saturated carbocycles. The van der Waals surface area contributed by atoms with Crippen molar-refractivity contribution in [3.8, 4) is 5.75 Å². The second-order valence-electron chi connectivity index (χ2n) is 8.14. The Bertz CT molecular complexity index is 1390. The van der Waals surface area contributed by atoms with Crippen molar-refractivity contribution in [1.82, 2.24) is 9.97 Å². The first kappa shape index (κ1) is 20.9. The molecule has 1 aliphatic heterocycles. The summed E-state index contributed by atoms with van der Waals surface area (Å²) in [6.07, 6.45) is 2.31. The minimum atomic E-state index is -0.609.